The first kappa shape index (κ1) is 8.99. The maximum absolute atomic E-state index is 10.9. The van der Waals surface area contributed by atoms with Gasteiger partial charge in [0.2, 0.25) is 5.91 Å². The second kappa shape index (κ2) is 3.10. The number of aromatic nitrogens is 1. The zero-order valence-electron chi connectivity index (χ0n) is 6.24. The van der Waals surface area contributed by atoms with Gasteiger partial charge in [-0.3, -0.25) is 9.36 Å². The lowest BCUT2D eigenvalue weighted by atomic mass is 10.4. The molecular weight excluding hydrogens is 226 g/mol. The van der Waals surface area contributed by atoms with Crippen LogP contribution in [0.2, 0.25) is 0 Å². The molecule has 5 heteroatoms. The van der Waals surface area contributed by atoms with Crippen molar-refractivity contribution in [2.24, 2.45) is 0 Å². The summed E-state index contributed by atoms with van der Waals surface area (Å²) in [4.78, 5) is 21.5. The Morgan fingerprint density at radius 1 is 1.50 bits per heavy atom. The lowest BCUT2D eigenvalue weighted by molar-refractivity contribution is 0.0674. The van der Waals surface area contributed by atoms with Gasteiger partial charge in [-0.15, -0.1) is 0 Å². The van der Waals surface area contributed by atoms with E-state index in [1.807, 2.05) is 0 Å². The number of hydrogen-bond donors (Lipinski definition) is 1. The fourth-order valence-corrected chi connectivity index (χ4v) is 1.47. The van der Waals surface area contributed by atoms with Gasteiger partial charge in [-0.25, -0.2) is 4.79 Å². The predicted octanol–water partition coefficient (Wildman–Crippen LogP) is 1.61. The number of hydrogen-bond acceptors (Lipinski definition) is 2. The van der Waals surface area contributed by atoms with Crippen LogP contribution in [-0.2, 0) is 0 Å². The van der Waals surface area contributed by atoms with Crippen molar-refractivity contribution in [1.82, 2.24) is 4.57 Å². The topological polar surface area (TPSA) is 59.3 Å². The molecule has 4 nitrogen and oxygen atoms in total. The van der Waals surface area contributed by atoms with Gasteiger partial charge in [-0.05, 0) is 28.1 Å². The van der Waals surface area contributed by atoms with Crippen molar-refractivity contribution in [3.05, 3.63) is 22.4 Å². The van der Waals surface area contributed by atoms with Gasteiger partial charge < -0.3 is 5.11 Å². The number of aromatic carboxylic acids is 1. The summed E-state index contributed by atoms with van der Waals surface area (Å²) in [5, 5.41) is 8.63. The number of carbonyl (C=O) groups is 2. The molecule has 0 amide bonds. The highest BCUT2D eigenvalue weighted by atomic mass is 79.9. The number of nitrogens with zero attached hydrogens (tertiary/aromatic N) is 1. The second-order valence-corrected chi connectivity index (χ2v) is 3.01. The lowest BCUT2D eigenvalue weighted by Gasteiger charge is -2.01. The monoisotopic (exact) mass is 231 g/mol. The Kier molecular flexibility index (Phi) is 2.32. The Labute approximate surface area is 76.9 Å². The SMILES string of the molecule is CC(=O)n1c(Br)ccc1C(=O)O. The fraction of sp³-hybridized carbons (Fsp3) is 0.143. The summed E-state index contributed by atoms with van der Waals surface area (Å²) in [5.74, 6) is -1.44. The summed E-state index contributed by atoms with van der Waals surface area (Å²) >= 11 is 3.06. The largest absolute Gasteiger partial charge is 0.477 e. The van der Waals surface area contributed by atoms with E-state index in [9.17, 15) is 9.59 Å². The van der Waals surface area contributed by atoms with Crippen LogP contribution in [-0.4, -0.2) is 21.6 Å². The van der Waals surface area contributed by atoms with Gasteiger partial charge >= 0.3 is 5.97 Å². The molecule has 64 valence electrons. The summed E-state index contributed by atoms with van der Waals surface area (Å²) in [7, 11) is 0. The first-order valence-corrected chi connectivity index (χ1v) is 3.95. The average Bonchev–Trinajstić information content (AvgIpc) is 2.30. The maximum atomic E-state index is 10.9. The molecule has 0 saturated heterocycles. The molecule has 0 aliphatic rings. The Morgan fingerprint density at radius 3 is 2.42 bits per heavy atom. The van der Waals surface area contributed by atoms with E-state index in [4.69, 9.17) is 5.11 Å². The number of rotatable bonds is 1. The maximum Gasteiger partial charge on any atom is 0.352 e. The standard InChI is InChI=1S/C7H6BrNO3/c1-4(10)9-5(7(11)12)2-3-6(9)8/h2-3H,1H3,(H,11,12). The summed E-state index contributed by atoms with van der Waals surface area (Å²) in [6.07, 6.45) is 0. The summed E-state index contributed by atoms with van der Waals surface area (Å²) < 4.78 is 1.54. The van der Waals surface area contributed by atoms with Crippen LogP contribution in [0.4, 0.5) is 0 Å². The van der Waals surface area contributed by atoms with Crippen molar-refractivity contribution < 1.29 is 14.7 Å². The normalized spacial score (nSPS) is 9.83. The molecule has 1 N–H and O–H groups in total. The summed E-state index contributed by atoms with van der Waals surface area (Å²) in [6, 6.07) is 2.89. The van der Waals surface area contributed by atoms with E-state index in [0.717, 1.165) is 4.57 Å². The molecule has 1 aromatic heterocycles. The van der Waals surface area contributed by atoms with Crippen LogP contribution in [0.15, 0.2) is 16.7 Å². The van der Waals surface area contributed by atoms with Crippen molar-refractivity contribution >= 4 is 27.8 Å². The molecule has 1 aromatic rings. The Balaban J connectivity index is 3.31. The Morgan fingerprint density at radius 2 is 2.08 bits per heavy atom. The van der Waals surface area contributed by atoms with Crippen LogP contribution in [0.5, 0.6) is 0 Å². The van der Waals surface area contributed by atoms with Crippen LogP contribution >= 0.6 is 15.9 Å². The molecule has 0 fully saturated rings. The number of carboxylic acids is 1. The minimum Gasteiger partial charge on any atom is -0.477 e. The fourth-order valence-electron chi connectivity index (χ4n) is 0.899. The molecule has 0 bridgehead atoms. The van der Waals surface area contributed by atoms with E-state index in [-0.39, 0.29) is 11.6 Å². The number of halogens is 1. The lowest BCUT2D eigenvalue weighted by Crippen LogP contribution is -2.13. The van der Waals surface area contributed by atoms with Crippen molar-refractivity contribution in [3.8, 4) is 0 Å². The average molecular weight is 232 g/mol. The molecule has 12 heavy (non-hydrogen) atoms. The number of carbonyl (C=O) groups excluding carboxylic acids is 1. The van der Waals surface area contributed by atoms with E-state index in [0.29, 0.717) is 4.60 Å². The van der Waals surface area contributed by atoms with Crippen molar-refractivity contribution in [2.45, 2.75) is 6.92 Å². The van der Waals surface area contributed by atoms with Crippen LogP contribution in [0.3, 0.4) is 0 Å². The molecule has 0 aromatic carbocycles. The zero-order valence-corrected chi connectivity index (χ0v) is 7.83. The second-order valence-electron chi connectivity index (χ2n) is 2.20. The van der Waals surface area contributed by atoms with Crippen LogP contribution < -0.4 is 0 Å². The van der Waals surface area contributed by atoms with Gasteiger partial charge in [-0.1, -0.05) is 0 Å². The van der Waals surface area contributed by atoms with Crippen LogP contribution in [0.25, 0.3) is 0 Å². The minimum absolute atomic E-state index is 0.0330. The first-order valence-electron chi connectivity index (χ1n) is 3.15. The molecule has 0 radical (unpaired) electrons. The highest BCUT2D eigenvalue weighted by Crippen LogP contribution is 2.15. The van der Waals surface area contributed by atoms with Crippen LogP contribution in [0, 0.1) is 0 Å². The highest BCUT2D eigenvalue weighted by Gasteiger charge is 2.14. The molecule has 0 atom stereocenters. The van der Waals surface area contributed by atoms with E-state index in [1.165, 1.54) is 19.1 Å². The van der Waals surface area contributed by atoms with Crippen molar-refractivity contribution in [2.75, 3.05) is 0 Å². The summed E-state index contributed by atoms with van der Waals surface area (Å²) in [5.41, 5.74) is -0.0330. The Hall–Kier alpha value is -1.10. The van der Waals surface area contributed by atoms with Gasteiger partial charge in [0.05, 0.1) is 4.60 Å². The van der Waals surface area contributed by atoms with E-state index in [2.05, 4.69) is 15.9 Å². The van der Waals surface area contributed by atoms with Gasteiger partial charge in [0, 0.05) is 6.92 Å². The highest BCUT2D eigenvalue weighted by molar-refractivity contribution is 9.10. The number of carboxylic acid groups (broad SMARTS) is 1. The quantitative estimate of drug-likeness (QED) is 0.799. The van der Waals surface area contributed by atoms with Gasteiger partial charge in [0.15, 0.2) is 0 Å². The van der Waals surface area contributed by atoms with Crippen molar-refractivity contribution in [3.63, 3.8) is 0 Å². The van der Waals surface area contributed by atoms with E-state index < -0.39 is 5.97 Å². The molecule has 0 saturated carbocycles. The third kappa shape index (κ3) is 1.40. The van der Waals surface area contributed by atoms with Crippen molar-refractivity contribution in [1.29, 1.82) is 0 Å². The smallest absolute Gasteiger partial charge is 0.352 e. The molecule has 0 unspecified atom stereocenters. The molecule has 0 spiro atoms. The van der Waals surface area contributed by atoms with Gasteiger partial charge in [0.25, 0.3) is 0 Å². The van der Waals surface area contributed by atoms with E-state index >= 15 is 0 Å². The van der Waals surface area contributed by atoms with E-state index in [1.54, 1.807) is 0 Å². The third-order valence-corrected chi connectivity index (χ3v) is 1.99. The van der Waals surface area contributed by atoms with Gasteiger partial charge in [0.1, 0.15) is 5.69 Å². The molecule has 1 heterocycles. The zero-order chi connectivity index (χ0) is 9.30. The first-order chi connectivity index (χ1) is 5.54. The predicted molar refractivity (Wildman–Crippen MR) is 45.4 cm³/mol. The van der Waals surface area contributed by atoms with Crippen LogP contribution in [0.1, 0.15) is 22.2 Å². The molecule has 0 aliphatic heterocycles. The minimum atomic E-state index is -1.11. The summed E-state index contributed by atoms with van der Waals surface area (Å²) in [6.45, 7) is 1.30. The third-order valence-electron chi connectivity index (χ3n) is 1.37. The molecular formula is C7H6BrNO3. The molecule has 0 aliphatic carbocycles. The molecule has 1 rings (SSSR count). The Bertz CT molecular complexity index is 342. The van der Waals surface area contributed by atoms with Gasteiger partial charge in [-0.2, -0.15) is 0 Å².